The number of amides is 1. The number of carbonyl (C=O) groups is 2. The molecule has 0 saturated carbocycles. The number of carbonyl (C=O) groups excluding carboxylic acids is 2. The number of rotatable bonds is 5. The number of aliphatic hydroxyl groups excluding tert-OH is 1. The molecular formula is C23H18BrNO6. The van der Waals surface area contributed by atoms with Gasteiger partial charge < -0.3 is 24.3 Å². The van der Waals surface area contributed by atoms with Crippen LogP contribution in [0.5, 0.6) is 11.5 Å². The Balaban J connectivity index is 1.87. The molecule has 1 aliphatic rings. The van der Waals surface area contributed by atoms with E-state index in [-0.39, 0.29) is 23.6 Å². The minimum Gasteiger partial charge on any atom is -0.508 e. The highest BCUT2D eigenvalue weighted by atomic mass is 79.9. The van der Waals surface area contributed by atoms with Gasteiger partial charge in [0, 0.05) is 5.56 Å². The summed E-state index contributed by atoms with van der Waals surface area (Å²) in [5.41, 5.74) is 0.757. The molecular weight excluding hydrogens is 466 g/mol. The Labute approximate surface area is 186 Å². The third-order valence-electron chi connectivity index (χ3n) is 5.06. The number of hydrogen-bond acceptors (Lipinski definition) is 6. The number of hydrogen-bond donors (Lipinski definition) is 2. The van der Waals surface area contributed by atoms with Gasteiger partial charge in [-0.2, -0.15) is 0 Å². The second-order valence-corrected chi connectivity index (χ2v) is 7.81. The van der Waals surface area contributed by atoms with Crippen LogP contribution < -0.4 is 4.74 Å². The molecule has 1 saturated heterocycles. The van der Waals surface area contributed by atoms with E-state index in [9.17, 15) is 19.8 Å². The summed E-state index contributed by atoms with van der Waals surface area (Å²) in [7, 11) is 1.52. The monoisotopic (exact) mass is 483 g/mol. The van der Waals surface area contributed by atoms with Crippen molar-refractivity contribution in [2.24, 2.45) is 0 Å². The maximum atomic E-state index is 13.0. The number of aromatic hydroxyl groups is 1. The molecule has 0 radical (unpaired) electrons. The molecule has 158 valence electrons. The van der Waals surface area contributed by atoms with Gasteiger partial charge >= 0.3 is 0 Å². The Morgan fingerprint density at radius 2 is 1.97 bits per heavy atom. The average Bonchev–Trinajstić information content (AvgIpc) is 3.35. The lowest BCUT2D eigenvalue weighted by molar-refractivity contribution is -0.140. The molecule has 1 amide bonds. The van der Waals surface area contributed by atoms with Crippen molar-refractivity contribution in [2.75, 3.05) is 7.11 Å². The van der Waals surface area contributed by atoms with Crippen molar-refractivity contribution in [1.82, 2.24) is 4.90 Å². The molecule has 1 aliphatic heterocycles. The summed E-state index contributed by atoms with van der Waals surface area (Å²) in [5, 5.41) is 21.1. The highest BCUT2D eigenvalue weighted by molar-refractivity contribution is 9.10. The van der Waals surface area contributed by atoms with Gasteiger partial charge in [-0.05, 0) is 64.0 Å². The summed E-state index contributed by atoms with van der Waals surface area (Å²) in [4.78, 5) is 27.2. The van der Waals surface area contributed by atoms with Crippen LogP contribution in [-0.4, -0.2) is 33.9 Å². The minimum atomic E-state index is -0.905. The first-order chi connectivity index (χ1) is 14.9. The van der Waals surface area contributed by atoms with Crippen LogP contribution in [0, 0.1) is 0 Å². The first-order valence-corrected chi connectivity index (χ1v) is 10.1. The molecule has 1 fully saturated rings. The van der Waals surface area contributed by atoms with Crippen LogP contribution in [0.4, 0.5) is 0 Å². The molecule has 8 heteroatoms. The van der Waals surface area contributed by atoms with Gasteiger partial charge in [0.15, 0.2) is 0 Å². The number of Topliss-reactive ketones (excluding diaryl/α,β-unsaturated/α-hetero) is 1. The summed E-state index contributed by atoms with van der Waals surface area (Å²) in [6.07, 6.45) is 1.48. The summed E-state index contributed by atoms with van der Waals surface area (Å²) < 4.78 is 11.1. The van der Waals surface area contributed by atoms with Gasteiger partial charge in [0.1, 0.15) is 23.0 Å². The van der Waals surface area contributed by atoms with Crippen molar-refractivity contribution in [3.8, 4) is 11.5 Å². The molecule has 1 unspecified atom stereocenters. The van der Waals surface area contributed by atoms with E-state index in [2.05, 4.69) is 15.9 Å². The fourth-order valence-electron chi connectivity index (χ4n) is 3.62. The highest BCUT2D eigenvalue weighted by Crippen LogP contribution is 2.41. The second kappa shape index (κ2) is 8.31. The van der Waals surface area contributed by atoms with E-state index < -0.39 is 17.7 Å². The van der Waals surface area contributed by atoms with Crippen molar-refractivity contribution in [3.05, 3.63) is 87.8 Å². The number of furan rings is 1. The predicted molar refractivity (Wildman–Crippen MR) is 115 cm³/mol. The Morgan fingerprint density at radius 1 is 1.16 bits per heavy atom. The van der Waals surface area contributed by atoms with E-state index in [0.717, 1.165) is 0 Å². The van der Waals surface area contributed by atoms with E-state index in [1.54, 1.807) is 42.5 Å². The second-order valence-electron chi connectivity index (χ2n) is 6.95. The Hall–Kier alpha value is -3.52. The number of nitrogens with zero attached hydrogens (tertiary/aromatic N) is 1. The molecule has 3 aromatic rings. The molecule has 2 aromatic carbocycles. The van der Waals surface area contributed by atoms with Gasteiger partial charge in [-0.15, -0.1) is 0 Å². The first-order valence-electron chi connectivity index (χ1n) is 9.34. The Morgan fingerprint density at radius 3 is 2.61 bits per heavy atom. The van der Waals surface area contributed by atoms with E-state index in [0.29, 0.717) is 27.1 Å². The fourth-order valence-corrected chi connectivity index (χ4v) is 4.16. The molecule has 2 N–H and O–H groups in total. The normalized spacial score (nSPS) is 17.9. The van der Waals surface area contributed by atoms with Crippen LogP contribution in [0.1, 0.15) is 22.9 Å². The van der Waals surface area contributed by atoms with Crippen LogP contribution in [0.15, 0.2) is 75.3 Å². The van der Waals surface area contributed by atoms with Gasteiger partial charge in [-0.3, -0.25) is 9.59 Å². The summed E-state index contributed by atoms with van der Waals surface area (Å²) in [5.74, 6) is -0.882. The quantitative estimate of drug-likeness (QED) is 0.317. The number of methoxy groups -OCH3 is 1. The summed E-state index contributed by atoms with van der Waals surface area (Å²) in [6, 6.07) is 13.6. The van der Waals surface area contributed by atoms with Crippen LogP contribution in [0.25, 0.3) is 5.76 Å². The number of phenolic OH excluding ortho intramolecular Hbond substituents is 1. The molecule has 1 aromatic heterocycles. The predicted octanol–water partition coefficient (Wildman–Crippen LogP) is 4.38. The van der Waals surface area contributed by atoms with Crippen molar-refractivity contribution in [1.29, 1.82) is 0 Å². The molecule has 2 heterocycles. The van der Waals surface area contributed by atoms with Crippen LogP contribution in [-0.2, 0) is 16.1 Å². The third kappa shape index (κ3) is 3.82. The van der Waals surface area contributed by atoms with Gasteiger partial charge in [0.05, 0.1) is 36.0 Å². The van der Waals surface area contributed by atoms with Gasteiger partial charge in [0.25, 0.3) is 11.7 Å². The average molecular weight is 484 g/mol. The zero-order valence-corrected chi connectivity index (χ0v) is 18.0. The molecule has 0 aliphatic carbocycles. The van der Waals surface area contributed by atoms with E-state index >= 15 is 0 Å². The van der Waals surface area contributed by atoms with Crippen LogP contribution in [0.3, 0.4) is 0 Å². The highest BCUT2D eigenvalue weighted by Gasteiger charge is 2.46. The maximum absolute atomic E-state index is 13.0. The SMILES string of the molecule is COc1ccc(/C(O)=C2/C(=O)C(=O)N(Cc3ccco3)C2c2cccc(O)c2)cc1Br. The number of phenols is 1. The van der Waals surface area contributed by atoms with Crippen molar-refractivity contribution >= 4 is 33.4 Å². The zero-order chi connectivity index (χ0) is 22.1. The van der Waals surface area contributed by atoms with E-state index in [4.69, 9.17) is 9.15 Å². The lowest BCUT2D eigenvalue weighted by atomic mass is 9.95. The number of benzene rings is 2. The molecule has 0 spiro atoms. The molecule has 31 heavy (non-hydrogen) atoms. The van der Waals surface area contributed by atoms with Crippen molar-refractivity contribution in [3.63, 3.8) is 0 Å². The number of aliphatic hydroxyl groups is 1. The van der Waals surface area contributed by atoms with Crippen LogP contribution in [0.2, 0.25) is 0 Å². The van der Waals surface area contributed by atoms with Crippen molar-refractivity contribution in [2.45, 2.75) is 12.6 Å². The number of halogens is 1. The fraction of sp³-hybridized carbons (Fsp3) is 0.130. The minimum absolute atomic E-state index is 0.0201. The Bertz CT molecular complexity index is 1180. The van der Waals surface area contributed by atoms with E-state index in [1.807, 2.05) is 0 Å². The third-order valence-corrected chi connectivity index (χ3v) is 5.68. The van der Waals surface area contributed by atoms with Crippen LogP contribution >= 0.6 is 15.9 Å². The molecule has 4 rings (SSSR count). The molecule has 7 nitrogen and oxygen atoms in total. The standard InChI is InChI=1S/C23H18BrNO6/c1-30-18-8-7-14(11-17(18)24)21(27)19-20(13-4-2-5-15(26)10-13)25(23(29)22(19)28)12-16-6-3-9-31-16/h2-11,20,26-27H,12H2,1H3/b21-19-. The number of ketones is 1. The smallest absolute Gasteiger partial charge is 0.296 e. The first kappa shape index (κ1) is 20.7. The van der Waals surface area contributed by atoms with Gasteiger partial charge in [-0.1, -0.05) is 12.1 Å². The maximum Gasteiger partial charge on any atom is 0.296 e. The lowest BCUT2D eigenvalue weighted by Crippen LogP contribution is -2.29. The largest absolute Gasteiger partial charge is 0.508 e. The topological polar surface area (TPSA) is 100 Å². The lowest BCUT2D eigenvalue weighted by Gasteiger charge is -2.24. The van der Waals surface area contributed by atoms with Crippen molar-refractivity contribution < 1.29 is 29.0 Å². The zero-order valence-electron chi connectivity index (χ0n) is 16.4. The summed E-state index contributed by atoms with van der Waals surface area (Å²) in [6.45, 7) is 0.0288. The molecule has 0 bridgehead atoms. The number of ether oxygens (including phenoxy) is 1. The van der Waals surface area contributed by atoms with E-state index in [1.165, 1.54) is 30.4 Å². The summed E-state index contributed by atoms with van der Waals surface area (Å²) >= 11 is 3.37. The van der Waals surface area contributed by atoms with Gasteiger partial charge in [0.2, 0.25) is 0 Å². The molecule has 1 atom stereocenters. The Kier molecular flexibility index (Phi) is 5.56. The van der Waals surface area contributed by atoms with Gasteiger partial charge in [-0.25, -0.2) is 0 Å². The number of likely N-dealkylation sites (tertiary alicyclic amines) is 1.